The van der Waals surface area contributed by atoms with Gasteiger partial charge in [0.2, 0.25) is 0 Å². The first-order valence-corrected chi connectivity index (χ1v) is 12.7. The van der Waals surface area contributed by atoms with Crippen LogP contribution in [0.1, 0.15) is 48.5 Å². The summed E-state index contributed by atoms with van der Waals surface area (Å²) in [6.45, 7) is 15.3. The molecule has 0 amide bonds. The second-order valence-electron chi connectivity index (χ2n) is 7.14. The minimum atomic E-state index is 0.323. The van der Waals surface area contributed by atoms with E-state index in [9.17, 15) is 0 Å². The molecule has 23 heavy (non-hydrogen) atoms. The summed E-state index contributed by atoms with van der Waals surface area (Å²) < 4.78 is 0. The minimum absolute atomic E-state index is 0.323. The predicted octanol–water partition coefficient (Wildman–Crippen LogP) is 6.07. The predicted molar refractivity (Wildman–Crippen MR) is 105 cm³/mol. The average molecular weight is 517 g/mol. The Morgan fingerprint density at radius 3 is 1.00 bits per heavy atom. The van der Waals surface area contributed by atoms with Gasteiger partial charge in [-0.25, -0.2) is 0 Å². The first-order chi connectivity index (χ1) is 10.6. The summed E-state index contributed by atoms with van der Waals surface area (Å²) in [7, 11) is 4.19. The van der Waals surface area contributed by atoms with Crippen molar-refractivity contribution in [1.82, 2.24) is 0 Å². The SMILES string of the molecule is CC(C)(C)[C]1[CH][CH][CH][CH]1.CC(C)(C)[C]1[CH][CH][CH][CH]1.CC[S-].[S]=[Ta]. The number of hydrogen-bond acceptors (Lipinski definition) is 2. The van der Waals surface area contributed by atoms with Gasteiger partial charge in [-0.15, -0.1) is 0 Å². The topological polar surface area (TPSA) is 0 Å². The van der Waals surface area contributed by atoms with E-state index in [1.165, 1.54) is 11.8 Å². The van der Waals surface area contributed by atoms with E-state index in [-0.39, 0.29) is 0 Å². The number of rotatable bonds is 0. The fraction of sp³-hybridized carbons (Fsp3) is 0.500. The van der Waals surface area contributed by atoms with Gasteiger partial charge in [0.1, 0.15) is 0 Å². The molecule has 10 radical (unpaired) electrons. The molecule has 0 saturated heterocycles. The van der Waals surface area contributed by atoms with Crippen LogP contribution in [-0.4, -0.2) is 5.75 Å². The van der Waals surface area contributed by atoms with Gasteiger partial charge in [-0.05, 0) is 74.0 Å². The molecule has 2 aliphatic rings. The Morgan fingerprint density at radius 1 is 0.739 bits per heavy atom. The Bertz CT molecular complexity index is 228. The van der Waals surface area contributed by atoms with Gasteiger partial charge in [-0.3, -0.25) is 0 Å². The molecular formula is C20H31S2Ta-. The summed E-state index contributed by atoms with van der Waals surface area (Å²) >= 11 is 5.42. The van der Waals surface area contributed by atoms with E-state index in [4.69, 9.17) is 0 Å². The molecule has 0 aromatic heterocycles. The van der Waals surface area contributed by atoms with Crippen LogP contribution in [0.15, 0.2) is 0 Å². The molecule has 2 rings (SSSR count). The molecule has 0 bridgehead atoms. The summed E-state index contributed by atoms with van der Waals surface area (Å²) in [5.41, 5.74) is 0.646. The summed E-state index contributed by atoms with van der Waals surface area (Å²) in [5.74, 6) is 3.67. The summed E-state index contributed by atoms with van der Waals surface area (Å²) in [4.78, 5) is 0. The second-order valence-corrected chi connectivity index (χ2v) is 7.71. The van der Waals surface area contributed by atoms with Gasteiger partial charge >= 0.3 is 28.8 Å². The van der Waals surface area contributed by atoms with Crippen LogP contribution in [0, 0.1) is 74.0 Å². The van der Waals surface area contributed by atoms with Crippen LogP contribution >= 0.6 is 9.58 Å². The van der Waals surface area contributed by atoms with Crippen molar-refractivity contribution in [2.75, 3.05) is 5.75 Å². The molecule has 2 aliphatic carbocycles. The average Bonchev–Trinajstić information content (AvgIpc) is 3.15. The third-order valence-electron chi connectivity index (χ3n) is 3.06. The van der Waals surface area contributed by atoms with Crippen LogP contribution < -0.4 is 0 Å². The zero-order chi connectivity index (χ0) is 18.5. The van der Waals surface area contributed by atoms with E-state index in [0.29, 0.717) is 10.8 Å². The molecule has 0 nitrogen and oxygen atoms in total. The van der Waals surface area contributed by atoms with Crippen molar-refractivity contribution in [3.8, 4) is 0 Å². The molecule has 0 heterocycles. The third-order valence-corrected chi connectivity index (χ3v) is 3.06. The summed E-state index contributed by atoms with van der Waals surface area (Å²) in [5, 5.41) is 0. The van der Waals surface area contributed by atoms with Crippen molar-refractivity contribution in [3.63, 3.8) is 0 Å². The van der Waals surface area contributed by atoms with Gasteiger partial charge in [-0.2, -0.15) is 5.75 Å². The maximum absolute atomic E-state index is 4.39. The molecule has 2 fully saturated rings. The van der Waals surface area contributed by atoms with Crippen LogP contribution in [0.3, 0.4) is 0 Å². The van der Waals surface area contributed by atoms with Crippen LogP contribution in [0.2, 0.25) is 0 Å². The molecule has 0 unspecified atom stereocenters. The quantitative estimate of drug-likeness (QED) is 0.358. The third kappa shape index (κ3) is 14.2. The van der Waals surface area contributed by atoms with Gasteiger partial charge < -0.3 is 12.6 Å². The van der Waals surface area contributed by atoms with Crippen molar-refractivity contribution >= 4 is 22.2 Å². The number of hydrogen-bond donors (Lipinski definition) is 0. The molecular weight excluding hydrogens is 485 g/mol. The molecule has 0 atom stereocenters. The fourth-order valence-corrected chi connectivity index (χ4v) is 1.75. The normalized spacial score (nSPS) is 18.9. The molecule has 0 spiro atoms. The Balaban J connectivity index is 0. The van der Waals surface area contributed by atoms with E-state index < -0.39 is 0 Å². The Kier molecular flexibility index (Phi) is 16.7. The van der Waals surface area contributed by atoms with E-state index >= 15 is 0 Å². The van der Waals surface area contributed by atoms with Gasteiger partial charge in [0.05, 0.1) is 0 Å². The zero-order valence-corrected chi connectivity index (χ0v) is 20.4. The first-order valence-electron chi connectivity index (χ1n) is 7.83. The standard InChI is InChI=1S/2C9H13.C2H6S.S.Ta/c2*1-9(2,3)8-6-4-5-7-8;1-2-3;;/h2*4-7H,1-3H3;3H,2H2,1H3;;/p-1. The van der Waals surface area contributed by atoms with Crippen molar-refractivity contribution in [2.45, 2.75) is 48.5 Å². The summed E-state index contributed by atoms with van der Waals surface area (Å²) in [6, 6.07) is 0. The van der Waals surface area contributed by atoms with Crippen molar-refractivity contribution in [2.24, 2.45) is 10.8 Å². The molecule has 0 aromatic carbocycles. The van der Waals surface area contributed by atoms with Crippen LogP contribution in [0.5, 0.6) is 0 Å². The van der Waals surface area contributed by atoms with Gasteiger partial charge in [0.25, 0.3) is 0 Å². The van der Waals surface area contributed by atoms with E-state index in [1.807, 2.05) is 6.92 Å². The molecule has 129 valence electrons. The Labute approximate surface area is 169 Å². The zero-order valence-electron chi connectivity index (χ0n) is 15.6. The molecule has 0 aliphatic heterocycles. The van der Waals surface area contributed by atoms with E-state index in [0.717, 1.165) is 24.9 Å². The monoisotopic (exact) mass is 516 g/mol. The van der Waals surface area contributed by atoms with Gasteiger partial charge in [-0.1, -0.05) is 48.5 Å². The van der Waals surface area contributed by atoms with Crippen LogP contribution in [-0.2, 0) is 31.8 Å². The van der Waals surface area contributed by atoms with Crippen molar-refractivity contribution < 1.29 is 19.2 Å². The molecule has 2 saturated carbocycles. The molecule has 3 heteroatoms. The second kappa shape index (κ2) is 14.5. The van der Waals surface area contributed by atoms with Crippen molar-refractivity contribution in [1.29, 1.82) is 0 Å². The van der Waals surface area contributed by atoms with E-state index in [2.05, 4.69) is 115 Å². The van der Waals surface area contributed by atoms with Crippen LogP contribution in [0.25, 0.3) is 0 Å². The Hall–Kier alpha value is 1.31. The Morgan fingerprint density at radius 2 is 0.913 bits per heavy atom. The van der Waals surface area contributed by atoms with E-state index in [1.54, 1.807) is 0 Å². The fourth-order valence-electron chi connectivity index (χ4n) is 1.75. The molecule has 0 N–H and O–H groups in total. The van der Waals surface area contributed by atoms with Gasteiger partial charge in [0.15, 0.2) is 0 Å². The van der Waals surface area contributed by atoms with Gasteiger partial charge in [0, 0.05) is 0 Å². The maximum atomic E-state index is 4.39. The van der Waals surface area contributed by atoms with Crippen molar-refractivity contribution in [3.05, 3.63) is 63.2 Å². The van der Waals surface area contributed by atoms with Crippen LogP contribution in [0.4, 0.5) is 0 Å². The summed E-state index contributed by atoms with van der Waals surface area (Å²) in [6.07, 6.45) is 17.0. The molecule has 0 aromatic rings. The first kappa shape index (κ1) is 26.5.